The number of hydrogen-bond donors (Lipinski definition) is 1. The first-order chi connectivity index (χ1) is 9.10. The van der Waals surface area contributed by atoms with Crippen molar-refractivity contribution >= 4 is 34.2 Å². The molecule has 2 aromatic rings. The molecule has 0 saturated carbocycles. The van der Waals surface area contributed by atoms with E-state index in [1.165, 1.54) is 0 Å². The molecular weight excluding hydrogens is 373 g/mol. The third kappa shape index (κ3) is 3.97. The van der Waals surface area contributed by atoms with Gasteiger partial charge in [-0.2, -0.15) is 0 Å². The fourth-order valence-corrected chi connectivity index (χ4v) is 3.18. The zero-order valence-electron chi connectivity index (χ0n) is 11.0. The summed E-state index contributed by atoms with van der Waals surface area (Å²) in [6, 6.07) is 10.3. The number of nitrogens with one attached hydrogen (secondary N) is 1. The van der Waals surface area contributed by atoms with E-state index >= 15 is 0 Å². The highest BCUT2D eigenvalue weighted by Crippen LogP contribution is 2.29. The summed E-state index contributed by atoms with van der Waals surface area (Å²) in [5.41, 5.74) is 1.09. The first kappa shape index (κ1) is 14.9. The van der Waals surface area contributed by atoms with Crippen molar-refractivity contribution in [2.75, 3.05) is 6.54 Å². The number of hydrogen-bond acceptors (Lipinski definition) is 2. The topological polar surface area (TPSA) is 25.2 Å². The van der Waals surface area contributed by atoms with Gasteiger partial charge in [0, 0.05) is 26.6 Å². The fourth-order valence-electron chi connectivity index (χ4n) is 2.04. The van der Waals surface area contributed by atoms with Gasteiger partial charge in [-0.15, -0.1) is 0 Å². The van der Waals surface area contributed by atoms with E-state index in [9.17, 15) is 0 Å². The maximum Gasteiger partial charge on any atom is 0.135 e. The van der Waals surface area contributed by atoms with Gasteiger partial charge in [0.05, 0.1) is 0 Å². The van der Waals surface area contributed by atoms with Crippen molar-refractivity contribution in [3.8, 4) is 11.3 Å². The first-order valence-corrected chi connectivity index (χ1v) is 7.83. The van der Waals surface area contributed by atoms with E-state index in [0.717, 1.165) is 38.6 Å². The lowest BCUT2D eigenvalue weighted by Gasteiger charge is -2.09. The molecule has 1 aromatic heterocycles. The van der Waals surface area contributed by atoms with Gasteiger partial charge in [0.25, 0.3) is 0 Å². The number of furan rings is 1. The minimum Gasteiger partial charge on any atom is -0.461 e. The van der Waals surface area contributed by atoms with E-state index in [4.69, 9.17) is 16.0 Å². The van der Waals surface area contributed by atoms with Crippen LogP contribution < -0.4 is 5.32 Å². The second-order valence-corrected chi connectivity index (χ2v) is 6.15. The first-order valence-electron chi connectivity index (χ1n) is 6.37. The molecule has 0 fully saturated rings. The van der Waals surface area contributed by atoms with Crippen molar-refractivity contribution in [2.24, 2.45) is 0 Å². The molecule has 0 amide bonds. The van der Waals surface area contributed by atoms with E-state index in [0.29, 0.717) is 6.04 Å². The van der Waals surface area contributed by atoms with Crippen LogP contribution in [0, 0.1) is 3.57 Å². The van der Waals surface area contributed by atoms with Crippen molar-refractivity contribution in [1.29, 1.82) is 0 Å². The molecule has 0 saturated heterocycles. The summed E-state index contributed by atoms with van der Waals surface area (Å²) < 4.78 is 7.02. The molecule has 19 heavy (non-hydrogen) atoms. The molecule has 1 heterocycles. The Kier molecular flexibility index (Phi) is 5.30. The molecule has 0 aliphatic carbocycles. The van der Waals surface area contributed by atoms with Gasteiger partial charge < -0.3 is 9.73 Å². The zero-order valence-corrected chi connectivity index (χ0v) is 14.0. The van der Waals surface area contributed by atoms with Gasteiger partial charge in [-0.1, -0.05) is 18.5 Å². The molecule has 0 aliphatic heterocycles. The molecule has 102 valence electrons. The Morgan fingerprint density at radius 3 is 2.79 bits per heavy atom. The molecule has 4 heteroatoms. The lowest BCUT2D eigenvalue weighted by atomic mass is 10.2. The van der Waals surface area contributed by atoms with Gasteiger partial charge in [0.1, 0.15) is 11.5 Å². The van der Waals surface area contributed by atoms with Gasteiger partial charge in [0.15, 0.2) is 0 Å². The summed E-state index contributed by atoms with van der Waals surface area (Å²) in [5, 5.41) is 4.13. The van der Waals surface area contributed by atoms with Crippen LogP contribution in [0.1, 0.15) is 19.6 Å². The average Bonchev–Trinajstić information content (AvgIpc) is 2.77. The Labute approximate surface area is 132 Å². The average molecular weight is 390 g/mol. The third-order valence-corrected chi connectivity index (χ3v) is 4.05. The summed E-state index contributed by atoms with van der Waals surface area (Å²) >= 11 is 8.25. The third-order valence-electron chi connectivity index (χ3n) is 2.92. The second kappa shape index (κ2) is 6.77. The normalized spacial score (nSPS) is 12.6. The van der Waals surface area contributed by atoms with Crippen molar-refractivity contribution in [3.05, 3.63) is 44.7 Å². The fraction of sp³-hybridized carbons (Fsp3) is 0.333. The Balaban J connectivity index is 2.16. The monoisotopic (exact) mass is 389 g/mol. The lowest BCUT2D eigenvalue weighted by Crippen LogP contribution is -2.27. The van der Waals surface area contributed by atoms with E-state index < -0.39 is 0 Å². The van der Waals surface area contributed by atoms with Gasteiger partial charge in [0.2, 0.25) is 0 Å². The van der Waals surface area contributed by atoms with Crippen molar-refractivity contribution in [2.45, 2.75) is 26.3 Å². The highest BCUT2D eigenvalue weighted by atomic mass is 127. The van der Waals surface area contributed by atoms with Gasteiger partial charge in [-0.05, 0) is 66.4 Å². The molecule has 2 rings (SSSR count). The standard InChI is InChI=1S/C15H17ClINO/c1-3-18-10(2)8-12-5-7-15(19-12)13-6-4-11(16)9-14(13)17/h4-7,9-10,18H,3,8H2,1-2H3. The van der Waals surface area contributed by atoms with Crippen LogP contribution in [0.15, 0.2) is 34.7 Å². The SMILES string of the molecule is CCNC(C)Cc1ccc(-c2ccc(Cl)cc2I)o1. The van der Waals surface area contributed by atoms with E-state index in [-0.39, 0.29) is 0 Å². The zero-order chi connectivity index (χ0) is 13.8. The molecule has 1 atom stereocenters. The number of benzene rings is 1. The van der Waals surface area contributed by atoms with Gasteiger partial charge >= 0.3 is 0 Å². The Hall–Kier alpha value is -0.520. The molecule has 2 nitrogen and oxygen atoms in total. The summed E-state index contributed by atoms with van der Waals surface area (Å²) in [4.78, 5) is 0. The minimum atomic E-state index is 0.424. The number of rotatable bonds is 5. The number of likely N-dealkylation sites (N-methyl/N-ethyl adjacent to an activating group) is 1. The molecular formula is C15H17ClINO. The molecule has 0 spiro atoms. The highest BCUT2D eigenvalue weighted by Gasteiger charge is 2.10. The maximum absolute atomic E-state index is 5.97. The Morgan fingerprint density at radius 1 is 1.32 bits per heavy atom. The molecule has 0 bridgehead atoms. The second-order valence-electron chi connectivity index (χ2n) is 4.55. The van der Waals surface area contributed by atoms with Crippen LogP contribution in [0.3, 0.4) is 0 Å². The predicted octanol–water partition coefficient (Wildman–Crippen LogP) is 4.75. The molecule has 1 aromatic carbocycles. The van der Waals surface area contributed by atoms with E-state index in [1.54, 1.807) is 0 Å². The summed E-state index contributed by atoms with van der Waals surface area (Å²) in [7, 11) is 0. The van der Waals surface area contributed by atoms with Crippen molar-refractivity contribution < 1.29 is 4.42 Å². The maximum atomic E-state index is 5.97. The largest absolute Gasteiger partial charge is 0.461 e. The molecule has 0 radical (unpaired) electrons. The van der Waals surface area contributed by atoms with Crippen LogP contribution in [0.5, 0.6) is 0 Å². The smallest absolute Gasteiger partial charge is 0.135 e. The van der Waals surface area contributed by atoms with Gasteiger partial charge in [-0.3, -0.25) is 0 Å². The summed E-state index contributed by atoms with van der Waals surface area (Å²) in [5.74, 6) is 1.91. The highest BCUT2D eigenvalue weighted by molar-refractivity contribution is 14.1. The lowest BCUT2D eigenvalue weighted by molar-refractivity contribution is 0.470. The Bertz CT molecular complexity index is 553. The predicted molar refractivity (Wildman–Crippen MR) is 88.7 cm³/mol. The quantitative estimate of drug-likeness (QED) is 0.747. The van der Waals surface area contributed by atoms with Crippen LogP contribution in [-0.2, 0) is 6.42 Å². The van der Waals surface area contributed by atoms with Crippen LogP contribution in [0.4, 0.5) is 0 Å². The van der Waals surface area contributed by atoms with Crippen molar-refractivity contribution in [3.63, 3.8) is 0 Å². The van der Waals surface area contributed by atoms with Crippen LogP contribution in [0.25, 0.3) is 11.3 Å². The van der Waals surface area contributed by atoms with E-state index in [1.807, 2.05) is 30.3 Å². The van der Waals surface area contributed by atoms with Crippen LogP contribution in [-0.4, -0.2) is 12.6 Å². The van der Waals surface area contributed by atoms with Crippen LogP contribution >= 0.6 is 34.2 Å². The summed E-state index contributed by atoms with van der Waals surface area (Å²) in [6.45, 7) is 5.25. The minimum absolute atomic E-state index is 0.424. The molecule has 1 N–H and O–H groups in total. The molecule has 0 aliphatic rings. The summed E-state index contributed by atoms with van der Waals surface area (Å²) in [6.07, 6.45) is 0.901. The number of halogens is 2. The van der Waals surface area contributed by atoms with E-state index in [2.05, 4.69) is 41.8 Å². The van der Waals surface area contributed by atoms with Gasteiger partial charge in [-0.25, -0.2) is 0 Å². The van der Waals surface area contributed by atoms with Crippen LogP contribution in [0.2, 0.25) is 5.02 Å². The molecule has 1 unspecified atom stereocenters. The van der Waals surface area contributed by atoms with Crippen molar-refractivity contribution in [1.82, 2.24) is 5.32 Å². The Morgan fingerprint density at radius 2 is 2.11 bits per heavy atom.